The van der Waals surface area contributed by atoms with Crippen molar-refractivity contribution in [3.63, 3.8) is 0 Å². The second-order valence-corrected chi connectivity index (χ2v) is 3.83. The fourth-order valence-corrected chi connectivity index (χ4v) is 1.53. The maximum atomic E-state index is 11.6. The van der Waals surface area contributed by atoms with Crippen LogP contribution < -0.4 is 11.1 Å². The van der Waals surface area contributed by atoms with Crippen LogP contribution in [-0.2, 0) is 6.54 Å². The van der Waals surface area contributed by atoms with Gasteiger partial charge in [0, 0.05) is 13.1 Å². The van der Waals surface area contributed by atoms with Gasteiger partial charge in [0.1, 0.15) is 0 Å². The molecule has 0 saturated carbocycles. The lowest BCUT2D eigenvalue weighted by Gasteiger charge is -2.00. The largest absolute Gasteiger partial charge is 0.349 e. The third kappa shape index (κ3) is 3.14. The lowest BCUT2D eigenvalue weighted by atomic mass is 10.2. The van der Waals surface area contributed by atoms with Crippen molar-refractivity contribution in [2.24, 2.45) is 5.73 Å². The summed E-state index contributed by atoms with van der Waals surface area (Å²) in [6.07, 6.45) is 1.62. The molecule has 0 aliphatic heterocycles. The minimum absolute atomic E-state index is 0.250. The van der Waals surface area contributed by atoms with E-state index in [1.54, 1.807) is 10.9 Å². The van der Waals surface area contributed by atoms with Crippen molar-refractivity contribution in [1.29, 1.82) is 0 Å². The molecule has 0 fully saturated rings. The Balaban J connectivity index is 2.00. The fourth-order valence-electron chi connectivity index (χ4n) is 1.53. The van der Waals surface area contributed by atoms with E-state index in [1.165, 1.54) is 0 Å². The lowest BCUT2D eigenvalue weighted by Crippen LogP contribution is -2.29. The predicted molar refractivity (Wildman–Crippen MR) is 67.0 cm³/mol. The minimum Gasteiger partial charge on any atom is -0.349 e. The van der Waals surface area contributed by atoms with Gasteiger partial charge in [0.25, 0.3) is 5.91 Å². The summed E-state index contributed by atoms with van der Waals surface area (Å²) in [5.41, 5.74) is 6.72. The molecule has 1 aromatic heterocycles. The van der Waals surface area contributed by atoms with Crippen LogP contribution in [0.3, 0.4) is 0 Å². The molecule has 0 atom stereocenters. The maximum absolute atomic E-state index is 11.6. The molecule has 1 heterocycles. The van der Waals surface area contributed by atoms with E-state index in [0.717, 1.165) is 5.56 Å². The standard InChI is InChI=1S/C12H15N5O/c13-6-7-14-12(18)11-9-17(16-15-11)8-10-4-2-1-3-5-10/h1-5,9H,6-8,13H2,(H,14,18). The Hall–Kier alpha value is -2.21. The first-order chi connectivity index (χ1) is 8.79. The summed E-state index contributed by atoms with van der Waals surface area (Å²) in [5, 5.41) is 10.4. The Morgan fingerprint density at radius 3 is 2.83 bits per heavy atom. The molecule has 0 saturated heterocycles. The van der Waals surface area contributed by atoms with Gasteiger partial charge in [0.2, 0.25) is 0 Å². The van der Waals surface area contributed by atoms with Crippen molar-refractivity contribution >= 4 is 5.91 Å². The summed E-state index contributed by atoms with van der Waals surface area (Å²) in [7, 11) is 0. The molecule has 0 radical (unpaired) electrons. The number of benzene rings is 1. The van der Waals surface area contributed by atoms with Crippen molar-refractivity contribution in [3.05, 3.63) is 47.8 Å². The number of aromatic nitrogens is 3. The first-order valence-corrected chi connectivity index (χ1v) is 5.72. The predicted octanol–water partition coefficient (Wildman–Crippen LogP) is 0.0149. The molecule has 0 bridgehead atoms. The SMILES string of the molecule is NCCNC(=O)c1cn(Cc2ccccc2)nn1. The van der Waals surface area contributed by atoms with Gasteiger partial charge in [0.05, 0.1) is 12.7 Å². The number of amides is 1. The smallest absolute Gasteiger partial charge is 0.273 e. The molecule has 0 spiro atoms. The van der Waals surface area contributed by atoms with E-state index in [2.05, 4.69) is 15.6 Å². The van der Waals surface area contributed by atoms with E-state index in [4.69, 9.17) is 5.73 Å². The molecule has 2 rings (SSSR count). The number of nitrogens with one attached hydrogen (secondary N) is 1. The molecule has 6 heteroatoms. The zero-order valence-corrected chi connectivity index (χ0v) is 9.91. The number of nitrogens with two attached hydrogens (primary N) is 1. The second kappa shape index (κ2) is 5.92. The first kappa shape index (κ1) is 12.3. The molecule has 0 aliphatic rings. The maximum Gasteiger partial charge on any atom is 0.273 e. The highest BCUT2D eigenvalue weighted by Crippen LogP contribution is 2.02. The number of hydrogen-bond donors (Lipinski definition) is 2. The van der Waals surface area contributed by atoms with Crippen molar-refractivity contribution in [2.45, 2.75) is 6.54 Å². The molecule has 2 aromatic rings. The van der Waals surface area contributed by atoms with Gasteiger partial charge in [-0.15, -0.1) is 5.10 Å². The third-order valence-electron chi connectivity index (χ3n) is 2.39. The van der Waals surface area contributed by atoms with Gasteiger partial charge in [-0.05, 0) is 5.56 Å². The van der Waals surface area contributed by atoms with Crippen LogP contribution in [0.25, 0.3) is 0 Å². The lowest BCUT2D eigenvalue weighted by molar-refractivity contribution is 0.0949. The van der Waals surface area contributed by atoms with Gasteiger partial charge in [-0.1, -0.05) is 35.5 Å². The molecular formula is C12H15N5O. The van der Waals surface area contributed by atoms with Crippen molar-refractivity contribution in [2.75, 3.05) is 13.1 Å². The summed E-state index contributed by atoms with van der Waals surface area (Å²) in [6, 6.07) is 9.87. The van der Waals surface area contributed by atoms with E-state index in [1.807, 2.05) is 30.3 Å². The van der Waals surface area contributed by atoms with E-state index in [9.17, 15) is 4.79 Å². The van der Waals surface area contributed by atoms with Gasteiger partial charge in [-0.2, -0.15) is 0 Å². The molecule has 18 heavy (non-hydrogen) atoms. The Kier molecular flexibility index (Phi) is 4.03. The van der Waals surface area contributed by atoms with E-state index in [-0.39, 0.29) is 5.91 Å². The molecule has 1 amide bonds. The second-order valence-electron chi connectivity index (χ2n) is 3.83. The zero-order chi connectivity index (χ0) is 12.8. The summed E-state index contributed by atoms with van der Waals surface area (Å²) < 4.78 is 1.63. The highest BCUT2D eigenvalue weighted by atomic mass is 16.2. The van der Waals surface area contributed by atoms with E-state index >= 15 is 0 Å². The van der Waals surface area contributed by atoms with Gasteiger partial charge in [-0.3, -0.25) is 4.79 Å². The highest BCUT2D eigenvalue weighted by molar-refractivity contribution is 5.91. The molecule has 6 nitrogen and oxygen atoms in total. The molecule has 0 aliphatic carbocycles. The Bertz CT molecular complexity index is 508. The number of nitrogens with zero attached hydrogens (tertiary/aromatic N) is 3. The summed E-state index contributed by atoms with van der Waals surface area (Å²) in [4.78, 5) is 11.6. The highest BCUT2D eigenvalue weighted by Gasteiger charge is 2.09. The van der Waals surface area contributed by atoms with Crippen molar-refractivity contribution < 1.29 is 4.79 Å². The van der Waals surface area contributed by atoms with Crippen LogP contribution in [0.1, 0.15) is 16.1 Å². The molecule has 1 aromatic carbocycles. The van der Waals surface area contributed by atoms with Crippen LogP contribution in [0, 0.1) is 0 Å². The van der Waals surface area contributed by atoms with Crippen LogP contribution in [0.2, 0.25) is 0 Å². The van der Waals surface area contributed by atoms with Gasteiger partial charge in [-0.25, -0.2) is 4.68 Å². The average Bonchev–Trinajstić information content (AvgIpc) is 2.86. The average molecular weight is 245 g/mol. The number of carbonyl (C=O) groups is 1. The topological polar surface area (TPSA) is 85.8 Å². The fraction of sp³-hybridized carbons (Fsp3) is 0.250. The quantitative estimate of drug-likeness (QED) is 0.777. The van der Waals surface area contributed by atoms with Crippen LogP contribution >= 0.6 is 0 Å². The van der Waals surface area contributed by atoms with E-state index < -0.39 is 0 Å². The summed E-state index contributed by atoms with van der Waals surface area (Å²) in [6.45, 7) is 1.44. The summed E-state index contributed by atoms with van der Waals surface area (Å²) in [5.74, 6) is -0.250. The number of rotatable bonds is 5. The molecule has 3 N–H and O–H groups in total. The monoisotopic (exact) mass is 245 g/mol. The zero-order valence-electron chi connectivity index (χ0n) is 9.91. The van der Waals surface area contributed by atoms with Crippen molar-refractivity contribution in [3.8, 4) is 0 Å². The number of hydrogen-bond acceptors (Lipinski definition) is 4. The Morgan fingerprint density at radius 1 is 1.33 bits per heavy atom. The minimum atomic E-state index is -0.250. The Morgan fingerprint density at radius 2 is 2.11 bits per heavy atom. The van der Waals surface area contributed by atoms with Gasteiger partial charge in [0.15, 0.2) is 5.69 Å². The Labute approximate surface area is 105 Å². The van der Waals surface area contributed by atoms with E-state index in [0.29, 0.717) is 25.3 Å². The van der Waals surface area contributed by atoms with Gasteiger partial charge < -0.3 is 11.1 Å². The molecular weight excluding hydrogens is 230 g/mol. The number of carbonyl (C=O) groups excluding carboxylic acids is 1. The van der Waals surface area contributed by atoms with Crippen LogP contribution in [0.5, 0.6) is 0 Å². The van der Waals surface area contributed by atoms with Gasteiger partial charge >= 0.3 is 0 Å². The summed E-state index contributed by atoms with van der Waals surface area (Å²) >= 11 is 0. The third-order valence-corrected chi connectivity index (χ3v) is 2.39. The molecule has 94 valence electrons. The van der Waals surface area contributed by atoms with Crippen LogP contribution in [0.4, 0.5) is 0 Å². The van der Waals surface area contributed by atoms with Crippen LogP contribution in [0.15, 0.2) is 36.5 Å². The molecule has 0 unspecified atom stereocenters. The first-order valence-electron chi connectivity index (χ1n) is 5.72. The van der Waals surface area contributed by atoms with Crippen LogP contribution in [-0.4, -0.2) is 34.0 Å². The normalized spacial score (nSPS) is 10.3. The van der Waals surface area contributed by atoms with Crippen molar-refractivity contribution in [1.82, 2.24) is 20.3 Å².